The van der Waals surface area contributed by atoms with Gasteiger partial charge in [0.25, 0.3) is 5.91 Å². The monoisotopic (exact) mass is 496 g/mol. The predicted octanol–water partition coefficient (Wildman–Crippen LogP) is 5.46. The van der Waals surface area contributed by atoms with Crippen LogP contribution >= 0.6 is 0 Å². The van der Waals surface area contributed by atoms with E-state index in [4.69, 9.17) is 4.74 Å². The van der Waals surface area contributed by atoms with E-state index in [-0.39, 0.29) is 17.0 Å². The molecule has 0 saturated carbocycles. The minimum Gasteiger partial charge on any atom is -0.496 e. The number of hydrogen-bond acceptors (Lipinski definition) is 5. The molecule has 2 atom stereocenters. The van der Waals surface area contributed by atoms with Gasteiger partial charge >= 0.3 is 0 Å². The maximum atomic E-state index is 14.5. The zero-order valence-corrected chi connectivity index (χ0v) is 21.3. The molecule has 0 spiro atoms. The average molecular weight is 497 g/mol. The van der Waals surface area contributed by atoms with Gasteiger partial charge in [-0.05, 0) is 49.8 Å². The molecule has 0 aromatic heterocycles. The average Bonchev–Trinajstić information content (AvgIpc) is 3.48. The van der Waals surface area contributed by atoms with Crippen LogP contribution in [-0.2, 0) is 4.79 Å². The number of ether oxygens (including phenoxy) is 1. The van der Waals surface area contributed by atoms with Crippen LogP contribution in [0.4, 0.5) is 20.2 Å². The second-order valence-electron chi connectivity index (χ2n) is 8.77. The summed E-state index contributed by atoms with van der Waals surface area (Å²) in [6.45, 7) is 11.1. The van der Waals surface area contributed by atoms with Gasteiger partial charge in [-0.3, -0.25) is 4.79 Å². The van der Waals surface area contributed by atoms with Crippen LogP contribution in [0.15, 0.2) is 65.8 Å². The standard InChI is InChI=1S/C25H26F2N4O2.C3H8/c1-4-6-20(29-15(2)24-19(27)7-5-8-23(24)33-3)25(32)30-21-11-16(26)9-10-22(21)31-14-17-12-18(31)13-28-17;1-3-2/h4-11,17-18,28H,1,12-14H2,2-3H3,(H,30,32);3H2,1-2H3/b20-6-,29-15?;. The molecule has 2 fully saturated rings. The summed E-state index contributed by atoms with van der Waals surface area (Å²) in [6.07, 6.45) is 5.11. The third-order valence-corrected chi connectivity index (χ3v) is 5.93. The molecule has 36 heavy (non-hydrogen) atoms. The minimum atomic E-state index is -0.557. The number of piperazine rings is 1. The Labute approximate surface area is 211 Å². The number of carbonyl (C=O) groups is 1. The fourth-order valence-electron chi connectivity index (χ4n) is 4.44. The Kier molecular flexibility index (Phi) is 9.36. The first-order chi connectivity index (χ1) is 17.3. The van der Waals surface area contributed by atoms with Gasteiger partial charge in [0.05, 0.1) is 29.8 Å². The van der Waals surface area contributed by atoms with Crippen molar-refractivity contribution in [1.29, 1.82) is 0 Å². The van der Waals surface area contributed by atoms with Gasteiger partial charge in [-0.15, -0.1) is 0 Å². The molecule has 8 heteroatoms. The van der Waals surface area contributed by atoms with Crippen LogP contribution in [-0.4, -0.2) is 43.9 Å². The fourth-order valence-corrected chi connectivity index (χ4v) is 4.44. The Morgan fingerprint density at radius 3 is 2.67 bits per heavy atom. The van der Waals surface area contributed by atoms with E-state index in [1.165, 1.54) is 49.9 Å². The number of fused-ring (bicyclic) bond motifs is 2. The number of amides is 1. The van der Waals surface area contributed by atoms with Crippen LogP contribution in [0.25, 0.3) is 0 Å². The van der Waals surface area contributed by atoms with Crippen LogP contribution < -0.4 is 20.3 Å². The molecule has 2 bridgehead atoms. The van der Waals surface area contributed by atoms with Crippen molar-refractivity contribution in [3.63, 3.8) is 0 Å². The van der Waals surface area contributed by atoms with Gasteiger partial charge in [0.2, 0.25) is 0 Å². The highest BCUT2D eigenvalue weighted by molar-refractivity contribution is 6.09. The molecule has 2 saturated heterocycles. The second kappa shape index (κ2) is 12.4. The van der Waals surface area contributed by atoms with Crippen molar-refractivity contribution in [1.82, 2.24) is 5.32 Å². The normalized spacial score (nSPS) is 19.0. The summed E-state index contributed by atoms with van der Waals surface area (Å²) >= 11 is 0. The Hall–Kier alpha value is -3.52. The zero-order chi connectivity index (χ0) is 26.2. The number of methoxy groups -OCH3 is 1. The fraction of sp³-hybridized carbons (Fsp3) is 0.357. The van der Waals surface area contributed by atoms with Crippen molar-refractivity contribution in [3.8, 4) is 5.75 Å². The molecule has 1 amide bonds. The van der Waals surface area contributed by atoms with E-state index < -0.39 is 17.5 Å². The number of rotatable bonds is 7. The van der Waals surface area contributed by atoms with Crippen LogP contribution in [0, 0.1) is 11.6 Å². The first kappa shape index (κ1) is 27.1. The number of allylic oxidation sites excluding steroid dienone is 2. The minimum absolute atomic E-state index is 0.00706. The van der Waals surface area contributed by atoms with Crippen LogP contribution in [0.2, 0.25) is 0 Å². The third kappa shape index (κ3) is 6.18. The van der Waals surface area contributed by atoms with Gasteiger partial charge in [0, 0.05) is 25.2 Å². The molecular formula is C28H34F2N4O2. The molecule has 4 rings (SSSR count). The summed E-state index contributed by atoms with van der Waals surface area (Å²) in [7, 11) is 1.44. The van der Waals surface area contributed by atoms with Gasteiger partial charge in [-0.25, -0.2) is 13.8 Å². The van der Waals surface area contributed by atoms with Crippen molar-refractivity contribution in [2.75, 3.05) is 30.4 Å². The van der Waals surface area contributed by atoms with Gasteiger partial charge < -0.3 is 20.3 Å². The lowest BCUT2D eigenvalue weighted by Crippen LogP contribution is -2.44. The summed E-state index contributed by atoms with van der Waals surface area (Å²) in [5.74, 6) is -1.22. The van der Waals surface area contributed by atoms with E-state index in [9.17, 15) is 13.6 Å². The van der Waals surface area contributed by atoms with E-state index in [0.29, 0.717) is 23.5 Å². The van der Waals surface area contributed by atoms with Gasteiger partial charge in [-0.2, -0.15) is 0 Å². The second-order valence-corrected chi connectivity index (χ2v) is 8.77. The van der Waals surface area contributed by atoms with E-state index >= 15 is 0 Å². The van der Waals surface area contributed by atoms with Crippen molar-refractivity contribution in [2.24, 2.45) is 4.99 Å². The SMILES string of the molecule is C=C/C=C(\N=C(C)c1c(F)cccc1OC)C(=O)Nc1cc(F)ccc1N1CC2CC1CN2.CCC. The molecule has 0 aliphatic carbocycles. The molecule has 2 aliphatic heterocycles. The van der Waals surface area contributed by atoms with Crippen molar-refractivity contribution in [2.45, 2.75) is 45.7 Å². The molecule has 2 heterocycles. The number of aliphatic imine (C=N–C) groups is 1. The molecule has 2 aromatic rings. The van der Waals surface area contributed by atoms with Crippen LogP contribution in [0.5, 0.6) is 5.75 Å². The first-order valence-electron chi connectivity index (χ1n) is 12.1. The first-order valence-corrected chi connectivity index (χ1v) is 12.1. The number of nitrogens with zero attached hydrogens (tertiary/aromatic N) is 2. The summed E-state index contributed by atoms with van der Waals surface area (Å²) in [6, 6.07) is 9.51. The molecule has 2 unspecified atom stereocenters. The molecule has 0 radical (unpaired) electrons. The van der Waals surface area contributed by atoms with Crippen LogP contribution in [0.3, 0.4) is 0 Å². The summed E-state index contributed by atoms with van der Waals surface area (Å²) < 4.78 is 33.8. The summed E-state index contributed by atoms with van der Waals surface area (Å²) in [4.78, 5) is 19.7. The number of carbonyl (C=O) groups excluding carboxylic acids is 1. The molecule has 2 aromatic carbocycles. The lowest BCUT2D eigenvalue weighted by Gasteiger charge is -2.31. The predicted molar refractivity (Wildman–Crippen MR) is 142 cm³/mol. The van der Waals surface area contributed by atoms with Crippen molar-refractivity contribution < 1.29 is 18.3 Å². The topological polar surface area (TPSA) is 66.0 Å². The highest BCUT2D eigenvalue weighted by Crippen LogP contribution is 2.35. The molecule has 2 aliphatic rings. The highest BCUT2D eigenvalue weighted by atomic mass is 19.1. The van der Waals surface area contributed by atoms with Gasteiger partial charge in [0.1, 0.15) is 23.1 Å². The number of nitrogens with one attached hydrogen (secondary N) is 2. The smallest absolute Gasteiger partial charge is 0.274 e. The van der Waals surface area contributed by atoms with Crippen molar-refractivity contribution in [3.05, 3.63) is 78.0 Å². The van der Waals surface area contributed by atoms with E-state index in [1.54, 1.807) is 19.1 Å². The maximum absolute atomic E-state index is 14.5. The summed E-state index contributed by atoms with van der Waals surface area (Å²) in [5.41, 5.74) is 1.55. The van der Waals surface area contributed by atoms with E-state index in [2.05, 4.69) is 41.0 Å². The zero-order valence-electron chi connectivity index (χ0n) is 21.3. The van der Waals surface area contributed by atoms with E-state index in [1.807, 2.05) is 0 Å². The Morgan fingerprint density at radius 2 is 2.06 bits per heavy atom. The number of halogens is 2. The van der Waals surface area contributed by atoms with Gasteiger partial charge in [0.15, 0.2) is 0 Å². The highest BCUT2D eigenvalue weighted by Gasteiger charge is 2.38. The molecular weight excluding hydrogens is 462 g/mol. The van der Waals surface area contributed by atoms with Crippen LogP contribution in [0.1, 0.15) is 39.2 Å². The number of anilines is 2. The van der Waals surface area contributed by atoms with Gasteiger partial charge in [-0.1, -0.05) is 39.0 Å². The quantitative estimate of drug-likeness (QED) is 0.304. The summed E-state index contributed by atoms with van der Waals surface area (Å²) in [5, 5.41) is 6.21. The Morgan fingerprint density at radius 1 is 1.31 bits per heavy atom. The lowest BCUT2D eigenvalue weighted by atomic mass is 10.1. The Bertz CT molecular complexity index is 1160. The molecule has 2 N–H and O–H groups in total. The lowest BCUT2D eigenvalue weighted by molar-refractivity contribution is -0.112. The third-order valence-electron chi connectivity index (χ3n) is 5.93. The largest absolute Gasteiger partial charge is 0.496 e. The van der Waals surface area contributed by atoms with Crippen molar-refractivity contribution >= 4 is 23.0 Å². The Balaban J connectivity index is 0.00000115. The number of benzene rings is 2. The maximum Gasteiger partial charge on any atom is 0.274 e. The molecule has 192 valence electrons. The number of hydrogen-bond donors (Lipinski definition) is 2. The molecule has 6 nitrogen and oxygen atoms in total. The van der Waals surface area contributed by atoms with E-state index in [0.717, 1.165) is 25.2 Å².